The minimum absolute atomic E-state index is 0. The fraction of sp³-hybridized carbons (Fsp3) is 0. The molecule has 0 bridgehead atoms. The summed E-state index contributed by atoms with van der Waals surface area (Å²) in [4.78, 5) is 8.33. The summed E-state index contributed by atoms with van der Waals surface area (Å²) in [6, 6.07) is 0. The van der Waals surface area contributed by atoms with Gasteiger partial charge in [0.1, 0.15) is 0 Å². The molecule has 0 saturated carbocycles. The van der Waals surface area contributed by atoms with Gasteiger partial charge in [0, 0.05) is 0 Å². The zero-order valence-electron chi connectivity index (χ0n) is 4.13. The maximum atomic E-state index is 8.33. The first kappa shape index (κ1) is 23.2. The minimum atomic E-state index is -2.33. The molecule has 0 aliphatic heterocycles. The van der Waals surface area contributed by atoms with Gasteiger partial charge < -0.3 is 15.0 Å². The van der Waals surface area contributed by atoms with Crippen molar-refractivity contribution in [3.63, 3.8) is 0 Å². The number of carboxylic acid groups (broad SMARTS) is 2. The van der Waals surface area contributed by atoms with E-state index in [2.05, 4.69) is 0 Å². The summed E-state index contributed by atoms with van der Waals surface area (Å²) in [5, 5.41) is 16.7. The fourth-order valence-electron chi connectivity index (χ4n) is 0. The van der Waals surface area contributed by atoms with Crippen LogP contribution in [0, 0.1) is 0 Å². The molecule has 0 aliphatic rings. The molecule has 0 unspecified atom stereocenters. The van der Waals surface area contributed by atoms with Gasteiger partial charge in [-0.25, -0.2) is 0 Å². The van der Waals surface area contributed by atoms with Crippen LogP contribution in [0.1, 0.15) is 0 Å². The average Bonchev–Trinajstić information content (AvgIpc) is 0.811. The van der Waals surface area contributed by atoms with Crippen LogP contribution in [0.15, 0.2) is 0 Å². The molecule has 0 aromatic rings. The number of halogens is 1. The quantitative estimate of drug-likeness (QED) is 0.381. The van der Waals surface area contributed by atoms with Gasteiger partial charge in [-0.3, -0.25) is 4.70 Å². The molecule has 0 aromatic heterocycles. The Morgan fingerprint density at radius 1 is 1.29 bits per heavy atom. The van der Waals surface area contributed by atoms with Gasteiger partial charge in [0.05, 0.1) is 0 Å². The van der Waals surface area contributed by atoms with E-state index in [0.717, 1.165) is 0 Å². The van der Waals surface area contributed by atoms with Crippen molar-refractivity contribution in [3.8, 4) is 0 Å². The molecule has 0 heterocycles. The molecule has 0 amide bonds. The third-order valence-corrected chi connectivity index (χ3v) is 0. The Bertz CT molecular complexity index is 37.9. The molecule has 0 rings (SSSR count). The predicted molar refractivity (Wildman–Crippen MR) is 7.90 cm³/mol. The molecule has 0 saturated heterocycles. The van der Waals surface area contributed by atoms with Crippen LogP contribution < -0.4 is 98.0 Å². The predicted octanol–water partition coefficient (Wildman–Crippen LogP) is -8.29. The topological polar surface area (TPSA) is 63.2 Å². The second-order valence-electron chi connectivity index (χ2n) is 0.250. The molecular formula is CHCsFLiO3. The SMILES string of the molecule is F.O=C([O-])[O-].[Cs+].[Li+]. The first-order valence-corrected chi connectivity index (χ1v) is 0.612. The first-order valence-electron chi connectivity index (χ1n) is 0.612. The largest absolute Gasteiger partial charge is 1.00 e. The molecule has 6 heteroatoms. The van der Waals surface area contributed by atoms with E-state index in [0.29, 0.717) is 0 Å². The Morgan fingerprint density at radius 3 is 1.29 bits per heavy atom. The van der Waals surface area contributed by atoms with Crippen molar-refractivity contribution in [1.82, 2.24) is 0 Å². The molecular weight excluding hydrogens is 219 g/mol. The van der Waals surface area contributed by atoms with Crippen molar-refractivity contribution in [1.29, 1.82) is 0 Å². The fourth-order valence-corrected chi connectivity index (χ4v) is 0. The maximum Gasteiger partial charge on any atom is 1.00 e. The van der Waals surface area contributed by atoms with E-state index in [1.54, 1.807) is 0 Å². The van der Waals surface area contributed by atoms with Gasteiger partial charge in [0.15, 0.2) is 0 Å². The number of rotatable bonds is 0. The van der Waals surface area contributed by atoms with Crippen molar-refractivity contribution in [3.05, 3.63) is 0 Å². The zero-order valence-corrected chi connectivity index (χ0v) is 10.4. The van der Waals surface area contributed by atoms with Gasteiger partial charge in [0.2, 0.25) is 0 Å². The summed E-state index contributed by atoms with van der Waals surface area (Å²) < 4.78 is 0. The van der Waals surface area contributed by atoms with Crippen LogP contribution in [0.3, 0.4) is 0 Å². The summed E-state index contributed by atoms with van der Waals surface area (Å²) >= 11 is 0. The van der Waals surface area contributed by atoms with E-state index in [-0.39, 0.29) is 92.5 Å². The van der Waals surface area contributed by atoms with Crippen LogP contribution in [-0.2, 0) is 0 Å². The minimum Gasteiger partial charge on any atom is -0.652 e. The van der Waals surface area contributed by atoms with E-state index in [9.17, 15) is 0 Å². The molecule has 0 fully saturated rings. The van der Waals surface area contributed by atoms with Gasteiger partial charge >= 0.3 is 87.8 Å². The molecule has 3 nitrogen and oxygen atoms in total. The van der Waals surface area contributed by atoms with Crippen molar-refractivity contribution in [2.24, 2.45) is 0 Å². The normalized spacial score (nSPS) is 3.43. The Morgan fingerprint density at radius 2 is 1.29 bits per heavy atom. The summed E-state index contributed by atoms with van der Waals surface area (Å²) in [6.45, 7) is 0. The Kier molecular flexibility index (Phi) is 51.9. The average molecular weight is 220 g/mol. The summed E-state index contributed by atoms with van der Waals surface area (Å²) in [7, 11) is 0. The van der Waals surface area contributed by atoms with Crippen molar-refractivity contribution in [2.75, 3.05) is 0 Å². The Balaban J connectivity index is -0.0000000150. The van der Waals surface area contributed by atoms with Crippen LogP contribution >= 0.6 is 0 Å². The number of hydrogen-bond donors (Lipinski definition) is 0. The van der Waals surface area contributed by atoms with E-state index < -0.39 is 6.16 Å². The molecule has 7 heavy (non-hydrogen) atoms. The van der Waals surface area contributed by atoms with Gasteiger partial charge in [-0.15, -0.1) is 0 Å². The summed E-state index contributed by atoms with van der Waals surface area (Å²) in [5.41, 5.74) is 0. The Hall–Kier alpha value is 1.85. The standard InChI is InChI=1S/CH2O3.Cs.FH.Li/c2-1(3)4;;;/h(H2,2,3,4);;1H;/q;+1;;+1/p-2. The summed E-state index contributed by atoms with van der Waals surface area (Å²) in [5.74, 6) is 0. The van der Waals surface area contributed by atoms with Crippen LogP contribution in [0.4, 0.5) is 9.50 Å². The van der Waals surface area contributed by atoms with E-state index in [1.807, 2.05) is 0 Å². The molecule has 0 N–H and O–H groups in total. The zero-order chi connectivity index (χ0) is 3.58. The van der Waals surface area contributed by atoms with Crippen molar-refractivity contribution in [2.45, 2.75) is 0 Å². The van der Waals surface area contributed by atoms with Crippen molar-refractivity contribution < 1.29 is 107 Å². The number of carbonyl (C=O) groups excluding carboxylic acids is 1. The molecule has 0 atom stereocenters. The molecule has 32 valence electrons. The molecule has 0 aromatic carbocycles. The second kappa shape index (κ2) is 15.7. The third-order valence-electron chi connectivity index (χ3n) is 0. The van der Waals surface area contributed by atoms with Gasteiger partial charge in [-0.05, 0) is 6.16 Å². The van der Waals surface area contributed by atoms with Crippen LogP contribution in [0.25, 0.3) is 0 Å². The van der Waals surface area contributed by atoms with E-state index in [4.69, 9.17) is 15.0 Å². The maximum absolute atomic E-state index is 8.33. The van der Waals surface area contributed by atoms with Gasteiger partial charge in [-0.2, -0.15) is 0 Å². The summed E-state index contributed by atoms with van der Waals surface area (Å²) in [6.07, 6.45) is -2.33. The van der Waals surface area contributed by atoms with Crippen LogP contribution in [0.2, 0.25) is 0 Å². The smallest absolute Gasteiger partial charge is 0.652 e. The van der Waals surface area contributed by atoms with Crippen LogP contribution in [-0.4, -0.2) is 6.16 Å². The number of hydrogen-bond acceptors (Lipinski definition) is 3. The van der Waals surface area contributed by atoms with Crippen LogP contribution in [0.5, 0.6) is 0 Å². The van der Waals surface area contributed by atoms with E-state index >= 15 is 0 Å². The monoisotopic (exact) mass is 220 g/mol. The van der Waals surface area contributed by atoms with Gasteiger partial charge in [0.25, 0.3) is 0 Å². The van der Waals surface area contributed by atoms with Gasteiger partial charge in [-0.1, -0.05) is 0 Å². The van der Waals surface area contributed by atoms with E-state index in [1.165, 1.54) is 0 Å². The first-order chi connectivity index (χ1) is 1.73. The molecule has 0 radical (unpaired) electrons. The number of carbonyl (C=O) groups is 1. The van der Waals surface area contributed by atoms with Crippen molar-refractivity contribution >= 4 is 6.16 Å². The molecule has 0 spiro atoms. The Labute approximate surface area is 111 Å². The third kappa shape index (κ3) is 78.5. The second-order valence-corrected chi connectivity index (χ2v) is 0.250. The molecule has 0 aliphatic carbocycles.